The fourth-order valence-corrected chi connectivity index (χ4v) is 6.00. The van der Waals surface area contributed by atoms with Gasteiger partial charge in [0.05, 0.1) is 23.7 Å². The number of sulfonamides is 1. The number of nitrogens with zero attached hydrogens (tertiary/aromatic N) is 4. The summed E-state index contributed by atoms with van der Waals surface area (Å²) < 4.78 is 42.2. The number of thioether (sulfide) groups is 1. The first-order chi connectivity index (χ1) is 18.4. The summed E-state index contributed by atoms with van der Waals surface area (Å²) in [5, 5.41) is 21.7. The van der Waals surface area contributed by atoms with Crippen molar-refractivity contribution in [2.24, 2.45) is 7.05 Å². The van der Waals surface area contributed by atoms with Gasteiger partial charge in [0.25, 0.3) is 10.0 Å². The third-order valence-corrected chi connectivity index (χ3v) is 8.62. The van der Waals surface area contributed by atoms with Gasteiger partial charge in [0.1, 0.15) is 0 Å². The number of aryl methyl sites for hydroxylation is 1. The van der Waals surface area contributed by atoms with Crippen molar-refractivity contribution in [1.29, 1.82) is 0 Å². The zero-order chi connectivity index (χ0) is 26.5. The molecule has 12 heteroatoms. The summed E-state index contributed by atoms with van der Waals surface area (Å²) in [6, 6.07) is 22.9. The van der Waals surface area contributed by atoms with Crippen LogP contribution < -0.4 is 4.72 Å². The summed E-state index contributed by atoms with van der Waals surface area (Å²) in [5.41, 5.74) is 3.01. The summed E-state index contributed by atoms with van der Waals surface area (Å²) >= 11 is 1.50. The molecule has 1 aromatic heterocycles. The number of nitrogens with one attached hydrogen (secondary N) is 1. The molecule has 3 unspecified atom stereocenters. The molecular formula is C26H27N5O5S2. The molecule has 10 nitrogen and oxygen atoms in total. The molecule has 1 fully saturated rings. The quantitative estimate of drug-likeness (QED) is 0.297. The molecule has 0 amide bonds. The van der Waals surface area contributed by atoms with Crippen molar-refractivity contribution in [3.05, 3.63) is 95.6 Å². The molecule has 2 N–H and O–H groups in total. The number of aliphatic hydroxyl groups is 1. The van der Waals surface area contributed by atoms with E-state index in [1.165, 1.54) is 11.8 Å². The van der Waals surface area contributed by atoms with Crippen molar-refractivity contribution in [1.82, 2.24) is 20.2 Å². The highest BCUT2D eigenvalue weighted by molar-refractivity contribution is 7.99. The van der Waals surface area contributed by atoms with E-state index in [1.54, 1.807) is 66.3 Å². The van der Waals surface area contributed by atoms with Crippen molar-refractivity contribution < 1.29 is 23.0 Å². The summed E-state index contributed by atoms with van der Waals surface area (Å²) in [6.07, 6.45) is -0.424. The van der Waals surface area contributed by atoms with Crippen LogP contribution >= 0.6 is 11.8 Å². The van der Waals surface area contributed by atoms with Crippen LogP contribution in [0.2, 0.25) is 0 Å². The van der Waals surface area contributed by atoms with Crippen molar-refractivity contribution in [2.45, 2.75) is 41.6 Å². The fraction of sp³-hybridized carbons (Fsp3) is 0.269. The van der Waals surface area contributed by atoms with Gasteiger partial charge in [-0.25, -0.2) is 13.1 Å². The maximum absolute atomic E-state index is 12.7. The van der Waals surface area contributed by atoms with Crippen LogP contribution in [0.5, 0.6) is 0 Å². The Kier molecular flexibility index (Phi) is 8.05. The number of hydrogen-bond acceptors (Lipinski definition) is 9. The molecule has 3 atom stereocenters. The van der Waals surface area contributed by atoms with E-state index in [0.29, 0.717) is 23.0 Å². The minimum Gasteiger partial charge on any atom is -0.392 e. The maximum atomic E-state index is 12.7. The number of aromatic nitrogens is 4. The van der Waals surface area contributed by atoms with E-state index < -0.39 is 16.3 Å². The molecule has 2 heterocycles. The Morgan fingerprint density at radius 2 is 1.71 bits per heavy atom. The Morgan fingerprint density at radius 3 is 2.37 bits per heavy atom. The van der Waals surface area contributed by atoms with E-state index in [4.69, 9.17) is 9.47 Å². The molecule has 5 rings (SSSR count). The summed E-state index contributed by atoms with van der Waals surface area (Å²) in [5.74, 6) is 0.619. The highest BCUT2D eigenvalue weighted by atomic mass is 32.2. The largest absolute Gasteiger partial charge is 0.392 e. The van der Waals surface area contributed by atoms with Gasteiger partial charge in [-0.05, 0) is 45.8 Å². The molecular weight excluding hydrogens is 526 g/mol. The molecule has 3 aromatic carbocycles. The Bertz CT molecular complexity index is 1450. The van der Waals surface area contributed by atoms with Crippen molar-refractivity contribution in [3.8, 4) is 0 Å². The van der Waals surface area contributed by atoms with Gasteiger partial charge in [0.2, 0.25) is 5.16 Å². The van der Waals surface area contributed by atoms with Crippen molar-refractivity contribution in [3.63, 3.8) is 0 Å². The second kappa shape index (κ2) is 11.6. The van der Waals surface area contributed by atoms with Gasteiger partial charge in [0, 0.05) is 30.5 Å². The van der Waals surface area contributed by atoms with Gasteiger partial charge in [0.15, 0.2) is 6.29 Å². The highest BCUT2D eigenvalue weighted by Gasteiger charge is 2.32. The SMILES string of the molecule is Cn1nnnc1SCC1CC(c2ccc(CO)cc2)OC(c2ccc(NS(=O)(=O)c3ccccc3)cc2)O1. The van der Waals surface area contributed by atoms with Gasteiger partial charge in [-0.2, -0.15) is 0 Å². The van der Waals surface area contributed by atoms with E-state index >= 15 is 0 Å². The third-order valence-electron chi connectivity index (χ3n) is 6.08. The van der Waals surface area contributed by atoms with Crippen LogP contribution in [0.15, 0.2) is 88.9 Å². The number of ether oxygens (including phenoxy) is 2. The van der Waals surface area contributed by atoms with E-state index in [0.717, 1.165) is 16.7 Å². The lowest BCUT2D eigenvalue weighted by molar-refractivity contribution is -0.245. The monoisotopic (exact) mass is 553 g/mol. The summed E-state index contributed by atoms with van der Waals surface area (Å²) in [6.45, 7) is -0.0249. The smallest absolute Gasteiger partial charge is 0.261 e. The lowest BCUT2D eigenvalue weighted by Gasteiger charge is -2.36. The van der Waals surface area contributed by atoms with Gasteiger partial charge >= 0.3 is 0 Å². The fourth-order valence-electron chi connectivity index (χ4n) is 4.06. The molecule has 4 aromatic rings. The zero-order valence-corrected chi connectivity index (χ0v) is 22.2. The van der Waals surface area contributed by atoms with E-state index in [2.05, 4.69) is 20.2 Å². The van der Waals surface area contributed by atoms with E-state index in [-0.39, 0.29) is 23.7 Å². The van der Waals surface area contributed by atoms with Gasteiger partial charge in [-0.15, -0.1) is 5.10 Å². The minimum atomic E-state index is -3.69. The number of rotatable bonds is 9. The number of anilines is 1. The first-order valence-electron chi connectivity index (χ1n) is 11.9. The van der Waals surface area contributed by atoms with Crippen LogP contribution in [-0.2, 0) is 33.2 Å². The van der Waals surface area contributed by atoms with Gasteiger partial charge in [-0.3, -0.25) is 4.72 Å². The van der Waals surface area contributed by atoms with Crippen LogP contribution in [0, 0.1) is 0 Å². The topological polar surface area (TPSA) is 128 Å². The molecule has 0 spiro atoms. The molecule has 38 heavy (non-hydrogen) atoms. The van der Waals surface area contributed by atoms with E-state index in [9.17, 15) is 13.5 Å². The second-order valence-corrected chi connectivity index (χ2v) is 11.5. The van der Waals surface area contributed by atoms with Crippen molar-refractivity contribution >= 4 is 27.5 Å². The summed E-state index contributed by atoms with van der Waals surface area (Å²) in [7, 11) is -1.91. The van der Waals surface area contributed by atoms with Crippen LogP contribution in [-0.4, -0.2) is 45.6 Å². The number of benzene rings is 3. The average molecular weight is 554 g/mol. The van der Waals surface area contributed by atoms with Gasteiger partial charge in [-0.1, -0.05) is 66.4 Å². The molecule has 0 saturated carbocycles. The Labute approximate surface area is 225 Å². The average Bonchev–Trinajstić information content (AvgIpc) is 3.37. The minimum absolute atomic E-state index is 0.0249. The van der Waals surface area contributed by atoms with Crippen LogP contribution in [0.3, 0.4) is 0 Å². The number of aliphatic hydroxyl groups excluding tert-OH is 1. The number of hydrogen-bond donors (Lipinski definition) is 2. The van der Waals surface area contributed by atoms with E-state index in [1.807, 2.05) is 24.3 Å². The Morgan fingerprint density at radius 1 is 1.00 bits per heavy atom. The molecule has 1 saturated heterocycles. The second-order valence-electron chi connectivity index (χ2n) is 8.79. The molecule has 0 aliphatic carbocycles. The lowest BCUT2D eigenvalue weighted by Crippen LogP contribution is -2.31. The van der Waals surface area contributed by atoms with Gasteiger partial charge < -0.3 is 14.6 Å². The molecule has 0 bridgehead atoms. The molecule has 198 valence electrons. The predicted octanol–water partition coefficient (Wildman–Crippen LogP) is 3.84. The predicted molar refractivity (Wildman–Crippen MR) is 142 cm³/mol. The lowest BCUT2D eigenvalue weighted by atomic mass is 10.0. The third kappa shape index (κ3) is 6.22. The standard InChI is InChI=1S/C26H27N5O5S2/c1-31-26(27-29-30-31)37-17-22-15-24(19-9-7-18(16-32)8-10-19)36-25(35-22)20-11-13-21(14-12-20)28-38(33,34)23-5-3-2-4-6-23/h2-14,22,24-25,28,32H,15-17H2,1H3. The highest BCUT2D eigenvalue weighted by Crippen LogP contribution is 2.39. The zero-order valence-electron chi connectivity index (χ0n) is 20.5. The first-order valence-corrected chi connectivity index (χ1v) is 14.4. The molecule has 1 aliphatic heterocycles. The maximum Gasteiger partial charge on any atom is 0.261 e. The first kappa shape index (κ1) is 26.3. The normalized spacial score (nSPS) is 19.8. The van der Waals surface area contributed by atoms with Crippen LogP contribution in [0.1, 0.15) is 35.5 Å². The molecule has 0 radical (unpaired) electrons. The Balaban J connectivity index is 1.33. The molecule has 1 aliphatic rings. The van der Waals surface area contributed by atoms with Crippen molar-refractivity contribution in [2.75, 3.05) is 10.5 Å². The van der Waals surface area contributed by atoms with Crippen LogP contribution in [0.25, 0.3) is 0 Å². The Hall–Kier alpha value is -3.29. The number of tetrazole rings is 1. The summed E-state index contributed by atoms with van der Waals surface area (Å²) in [4.78, 5) is 0.191. The van der Waals surface area contributed by atoms with Crippen LogP contribution in [0.4, 0.5) is 5.69 Å².